The number of hydrogen-bond acceptors (Lipinski definition) is 7. The van der Waals surface area contributed by atoms with Gasteiger partial charge in [0.25, 0.3) is 0 Å². The summed E-state index contributed by atoms with van der Waals surface area (Å²) in [6.45, 7) is 3.37. The third-order valence-corrected chi connectivity index (χ3v) is 7.03. The Morgan fingerprint density at radius 3 is 2.65 bits per heavy atom. The van der Waals surface area contributed by atoms with E-state index in [4.69, 9.17) is 0 Å². The van der Waals surface area contributed by atoms with Gasteiger partial charge in [-0.2, -0.15) is 18.2 Å². The maximum absolute atomic E-state index is 13.7. The van der Waals surface area contributed by atoms with Crippen molar-refractivity contribution in [2.75, 3.05) is 26.4 Å². The first-order valence-corrected chi connectivity index (χ1v) is 13.1. The SMILES string of the molecule is CCCS(=O)(=O)Nc1cc(C)ccc1CNc1nc(Nc2cccc3c2NC(=O)C3)ncc1C(F)(F)F. The number of rotatable bonds is 9. The molecule has 9 nitrogen and oxygen atoms in total. The van der Waals surface area contributed by atoms with Gasteiger partial charge in [-0.3, -0.25) is 9.52 Å². The number of fused-ring (bicyclic) bond motifs is 1. The Morgan fingerprint density at radius 1 is 1.14 bits per heavy atom. The van der Waals surface area contributed by atoms with E-state index in [0.717, 1.165) is 11.1 Å². The first-order valence-electron chi connectivity index (χ1n) is 11.4. The van der Waals surface area contributed by atoms with Crippen LogP contribution in [0.25, 0.3) is 0 Å². The van der Waals surface area contributed by atoms with E-state index < -0.39 is 27.6 Å². The number of amides is 1. The summed E-state index contributed by atoms with van der Waals surface area (Å²) in [6.07, 6.45) is -3.46. The molecular weight excluding hydrogens is 509 g/mol. The lowest BCUT2D eigenvalue weighted by atomic mass is 10.1. The number of aryl methyl sites for hydroxylation is 1. The fourth-order valence-electron chi connectivity index (χ4n) is 3.87. The Bertz CT molecular complexity index is 1440. The van der Waals surface area contributed by atoms with Crippen molar-refractivity contribution < 1.29 is 26.4 Å². The highest BCUT2D eigenvalue weighted by Gasteiger charge is 2.35. The van der Waals surface area contributed by atoms with Gasteiger partial charge in [-0.15, -0.1) is 0 Å². The van der Waals surface area contributed by atoms with Crippen LogP contribution < -0.4 is 20.7 Å². The third-order valence-electron chi connectivity index (χ3n) is 5.56. The van der Waals surface area contributed by atoms with Crippen LogP contribution in [0.4, 0.5) is 42.0 Å². The van der Waals surface area contributed by atoms with Gasteiger partial charge in [0.2, 0.25) is 21.9 Å². The van der Waals surface area contributed by atoms with Crippen LogP contribution in [0.1, 0.15) is 35.6 Å². The van der Waals surface area contributed by atoms with Gasteiger partial charge in [-0.25, -0.2) is 13.4 Å². The normalized spacial score (nSPS) is 13.2. The zero-order valence-corrected chi connectivity index (χ0v) is 20.8. The minimum absolute atomic E-state index is 0.0867. The van der Waals surface area contributed by atoms with Crippen LogP contribution >= 0.6 is 0 Å². The number of sulfonamides is 1. The number of benzene rings is 2. The van der Waals surface area contributed by atoms with Gasteiger partial charge in [0.1, 0.15) is 11.4 Å². The van der Waals surface area contributed by atoms with Gasteiger partial charge < -0.3 is 16.0 Å². The molecule has 0 spiro atoms. The number of carbonyl (C=O) groups is 1. The number of alkyl halides is 3. The van der Waals surface area contributed by atoms with E-state index in [2.05, 4.69) is 30.6 Å². The zero-order chi connectivity index (χ0) is 26.8. The van der Waals surface area contributed by atoms with Crippen LogP contribution in [0.3, 0.4) is 0 Å². The molecule has 1 aliphatic heterocycles. The molecule has 1 aliphatic rings. The molecule has 3 aromatic rings. The molecule has 2 heterocycles. The van der Waals surface area contributed by atoms with Crippen LogP contribution in [0.15, 0.2) is 42.6 Å². The third kappa shape index (κ3) is 6.28. The van der Waals surface area contributed by atoms with E-state index in [1.807, 2.05) is 0 Å². The molecule has 0 radical (unpaired) electrons. The highest BCUT2D eigenvalue weighted by Crippen LogP contribution is 2.36. The number of aromatic nitrogens is 2. The van der Waals surface area contributed by atoms with Crippen molar-refractivity contribution in [2.45, 2.75) is 39.4 Å². The molecule has 4 N–H and O–H groups in total. The van der Waals surface area contributed by atoms with Crippen LogP contribution in [-0.2, 0) is 34.0 Å². The van der Waals surface area contributed by atoms with Gasteiger partial charge in [0.15, 0.2) is 0 Å². The number of hydrogen-bond donors (Lipinski definition) is 4. The molecular formula is C24H25F3N6O3S. The van der Waals surface area contributed by atoms with Gasteiger partial charge in [-0.1, -0.05) is 31.2 Å². The largest absolute Gasteiger partial charge is 0.421 e. The van der Waals surface area contributed by atoms with Crippen molar-refractivity contribution in [2.24, 2.45) is 0 Å². The number of halogens is 3. The zero-order valence-electron chi connectivity index (χ0n) is 20.0. The average molecular weight is 535 g/mol. The Hall–Kier alpha value is -3.87. The van der Waals surface area contributed by atoms with E-state index in [0.29, 0.717) is 29.6 Å². The minimum Gasteiger partial charge on any atom is -0.365 e. The summed E-state index contributed by atoms with van der Waals surface area (Å²) in [4.78, 5) is 19.6. The fourth-order valence-corrected chi connectivity index (χ4v) is 5.03. The summed E-state index contributed by atoms with van der Waals surface area (Å²) < 4.78 is 68.3. The first kappa shape index (κ1) is 26.2. The van der Waals surface area contributed by atoms with Crippen molar-refractivity contribution in [3.63, 3.8) is 0 Å². The predicted octanol–water partition coefficient (Wildman–Crippen LogP) is 4.81. The number of anilines is 5. The summed E-state index contributed by atoms with van der Waals surface area (Å²) in [6, 6.07) is 10.1. The molecule has 0 aliphatic carbocycles. The maximum Gasteiger partial charge on any atom is 0.421 e. The average Bonchev–Trinajstić information content (AvgIpc) is 3.19. The second-order valence-corrected chi connectivity index (χ2v) is 10.4. The summed E-state index contributed by atoms with van der Waals surface area (Å²) in [5.74, 6) is -0.873. The van der Waals surface area contributed by atoms with Crippen LogP contribution in [0.2, 0.25) is 0 Å². The molecule has 0 atom stereocenters. The molecule has 0 saturated heterocycles. The highest BCUT2D eigenvalue weighted by molar-refractivity contribution is 7.92. The van der Waals surface area contributed by atoms with E-state index >= 15 is 0 Å². The van der Waals surface area contributed by atoms with E-state index in [9.17, 15) is 26.4 Å². The Labute approximate surface area is 212 Å². The molecule has 4 rings (SSSR count). The van der Waals surface area contributed by atoms with Gasteiger partial charge in [-0.05, 0) is 42.2 Å². The summed E-state index contributed by atoms with van der Waals surface area (Å²) >= 11 is 0. The standard InChI is InChI=1S/C24H25F3N6O3S/c1-3-9-37(35,36)33-19-10-14(2)7-8-16(19)12-28-22-17(24(25,26)27)13-29-23(32-22)30-18-6-4-5-15-11-20(34)31-21(15)18/h4-8,10,13,33H,3,9,11-12H2,1-2H3,(H,31,34)(H2,28,29,30,32). The monoisotopic (exact) mass is 534 g/mol. The molecule has 0 unspecified atom stereocenters. The lowest BCUT2D eigenvalue weighted by Crippen LogP contribution is -2.18. The van der Waals surface area contributed by atoms with Gasteiger partial charge in [0, 0.05) is 12.7 Å². The lowest BCUT2D eigenvalue weighted by molar-refractivity contribution is -0.137. The predicted molar refractivity (Wildman–Crippen MR) is 135 cm³/mol. The van der Waals surface area contributed by atoms with Gasteiger partial charge >= 0.3 is 6.18 Å². The van der Waals surface area contributed by atoms with Crippen molar-refractivity contribution in [1.82, 2.24) is 9.97 Å². The summed E-state index contributed by atoms with van der Waals surface area (Å²) in [5.41, 5.74) is 2.13. The second kappa shape index (κ2) is 10.2. The second-order valence-electron chi connectivity index (χ2n) is 8.58. The molecule has 1 amide bonds. The van der Waals surface area contributed by atoms with Crippen LogP contribution in [-0.4, -0.2) is 30.0 Å². The van der Waals surface area contributed by atoms with Gasteiger partial charge in [0.05, 0.1) is 29.2 Å². The van der Waals surface area contributed by atoms with Crippen molar-refractivity contribution in [3.05, 3.63) is 64.8 Å². The summed E-state index contributed by atoms with van der Waals surface area (Å²) in [7, 11) is -3.61. The van der Waals surface area contributed by atoms with E-state index in [1.54, 1.807) is 50.2 Å². The molecule has 37 heavy (non-hydrogen) atoms. The Morgan fingerprint density at radius 2 is 1.92 bits per heavy atom. The number of para-hydroxylation sites is 1. The van der Waals surface area contributed by atoms with E-state index in [-0.39, 0.29) is 36.3 Å². The molecule has 1 aromatic heterocycles. The smallest absolute Gasteiger partial charge is 0.365 e. The van der Waals surface area contributed by atoms with Crippen molar-refractivity contribution in [3.8, 4) is 0 Å². The Kier molecular flexibility index (Phi) is 7.25. The van der Waals surface area contributed by atoms with Crippen LogP contribution in [0.5, 0.6) is 0 Å². The highest BCUT2D eigenvalue weighted by atomic mass is 32.2. The first-order chi connectivity index (χ1) is 17.4. The molecule has 13 heteroatoms. The van der Waals surface area contributed by atoms with Crippen molar-refractivity contribution in [1.29, 1.82) is 0 Å². The topological polar surface area (TPSA) is 125 Å². The molecule has 0 saturated carbocycles. The molecule has 196 valence electrons. The molecule has 0 fully saturated rings. The summed E-state index contributed by atoms with van der Waals surface area (Å²) in [5, 5.41) is 8.27. The minimum atomic E-state index is -4.73. The van der Waals surface area contributed by atoms with Crippen molar-refractivity contribution >= 4 is 44.8 Å². The molecule has 0 bridgehead atoms. The van der Waals surface area contributed by atoms with Crippen LogP contribution in [0, 0.1) is 6.92 Å². The number of nitrogens with zero attached hydrogens (tertiary/aromatic N) is 2. The molecule has 2 aromatic carbocycles. The number of carbonyl (C=O) groups excluding carboxylic acids is 1. The maximum atomic E-state index is 13.7. The van der Waals surface area contributed by atoms with E-state index in [1.165, 1.54) is 0 Å². The quantitative estimate of drug-likeness (QED) is 0.311. The Balaban J connectivity index is 1.62. The fraction of sp³-hybridized carbons (Fsp3) is 0.292. The lowest BCUT2D eigenvalue weighted by Gasteiger charge is -2.17. The number of nitrogens with one attached hydrogen (secondary N) is 4.